The van der Waals surface area contributed by atoms with Crippen LogP contribution in [0.1, 0.15) is 11.1 Å². The minimum atomic E-state index is 0.976. The maximum atomic E-state index is 4.49. The van der Waals surface area contributed by atoms with Gasteiger partial charge in [0.1, 0.15) is 0 Å². The Morgan fingerprint density at radius 3 is 2.65 bits per heavy atom. The molecule has 0 spiro atoms. The Morgan fingerprint density at radius 2 is 1.95 bits per heavy atom. The number of aromatic nitrogens is 2. The number of imidazole rings is 1. The SMILES string of the molecule is Cc1cccc(N=Cc2ccc(-n3ccnc3)cc2)c1. The van der Waals surface area contributed by atoms with Gasteiger partial charge in [0.05, 0.1) is 12.0 Å². The number of benzene rings is 2. The van der Waals surface area contributed by atoms with Crippen LogP contribution >= 0.6 is 0 Å². The van der Waals surface area contributed by atoms with Crippen LogP contribution in [0.15, 0.2) is 72.2 Å². The van der Waals surface area contributed by atoms with Gasteiger partial charge >= 0.3 is 0 Å². The van der Waals surface area contributed by atoms with Crippen LogP contribution in [-0.4, -0.2) is 15.8 Å². The Hall–Kier alpha value is -2.68. The van der Waals surface area contributed by atoms with Crippen LogP contribution in [0.4, 0.5) is 5.69 Å². The molecule has 0 bridgehead atoms. The van der Waals surface area contributed by atoms with Gasteiger partial charge in [-0.15, -0.1) is 0 Å². The highest BCUT2D eigenvalue weighted by Gasteiger charge is 1.95. The Balaban J connectivity index is 1.78. The Bertz CT molecular complexity index is 710. The molecule has 0 amide bonds. The van der Waals surface area contributed by atoms with Gasteiger partial charge in [-0.05, 0) is 42.3 Å². The average molecular weight is 261 g/mol. The first-order chi connectivity index (χ1) is 9.81. The number of aryl methyl sites for hydroxylation is 1. The van der Waals surface area contributed by atoms with Gasteiger partial charge in [0, 0.05) is 24.3 Å². The van der Waals surface area contributed by atoms with E-state index in [-0.39, 0.29) is 0 Å². The van der Waals surface area contributed by atoms with E-state index in [4.69, 9.17) is 0 Å². The van der Waals surface area contributed by atoms with Crippen molar-refractivity contribution in [3.63, 3.8) is 0 Å². The summed E-state index contributed by atoms with van der Waals surface area (Å²) in [6, 6.07) is 16.4. The van der Waals surface area contributed by atoms with E-state index in [2.05, 4.69) is 53.3 Å². The van der Waals surface area contributed by atoms with Gasteiger partial charge in [-0.25, -0.2) is 4.98 Å². The molecule has 0 aliphatic carbocycles. The van der Waals surface area contributed by atoms with Crippen LogP contribution in [0.2, 0.25) is 0 Å². The van der Waals surface area contributed by atoms with Crippen molar-refractivity contribution in [1.29, 1.82) is 0 Å². The van der Waals surface area contributed by atoms with E-state index in [1.165, 1.54) is 5.56 Å². The lowest BCUT2D eigenvalue weighted by molar-refractivity contribution is 1.06. The summed E-state index contributed by atoms with van der Waals surface area (Å²) in [4.78, 5) is 8.53. The zero-order valence-electron chi connectivity index (χ0n) is 11.3. The maximum absolute atomic E-state index is 4.49. The summed E-state index contributed by atoms with van der Waals surface area (Å²) in [6.07, 6.45) is 7.37. The van der Waals surface area contributed by atoms with Gasteiger partial charge in [-0.3, -0.25) is 4.99 Å². The van der Waals surface area contributed by atoms with E-state index in [0.717, 1.165) is 16.9 Å². The second kappa shape index (κ2) is 5.53. The topological polar surface area (TPSA) is 30.2 Å². The highest BCUT2D eigenvalue weighted by Crippen LogP contribution is 2.14. The quantitative estimate of drug-likeness (QED) is 0.657. The fourth-order valence-electron chi connectivity index (χ4n) is 2.00. The lowest BCUT2D eigenvalue weighted by Gasteiger charge is -2.01. The van der Waals surface area contributed by atoms with Crippen molar-refractivity contribution in [3.8, 4) is 5.69 Å². The molecule has 20 heavy (non-hydrogen) atoms. The van der Waals surface area contributed by atoms with Crippen molar-refractivity contribution < 1.29 is 0 Å². The molecule has 0 saturated carbocycles. The van der Waals surface area contributed by atoms with E-state index >= 15 is 0 Å². The number of hydrogen-bond acceptors (Lipinski definition) is 2. The van der Waals surface area contributed by atoms with E-state index in [1.54, 1.807) is 12.5 Å². The van der Waals surface area contributed by atoms with Crippen LogP contribution in [0.25, 0.3) is 5.69 Å². The lowest BCUT2D eigenvalue weighted by atomic mass is 10.2. The molecule has 0 unspecified atom stereocenters. The predicted octanol–water partition coefficient (Wildman–Crippen LogP) is 3.93. The maximum Gasteiger partial charge on any atom is 0.0991 e. The van der Waals surface area contributed by atoms with Crippen molar-refractivity contribution in [1.82, 2.24) is 9.55 Å². The Labute approximate surface area is 118 Å². The average Bonchev–Trinajstić information content (AvgIpc) is 3.00. The summed E-state index contributed by atoms with van der Waals surface area (Å²) >= 11 is 0. The molecule has 0 radical (unpaired) electrons. The van der Waals surface area contributed by atoms with Crippen LogP contribution in [0, 0.1) is 6.92 Å². The number of hydrogen-bond donors (Lipinski definition) is 0. The lowest BCUT2D eigenvalue weighted by Crippen LogP contribution is -1.90. The smallest absolute Gasteiger partial charge is 0.0991 e. The molecule has 0 aliphatic rings. The summed E-state index contributed by atoms with van der Waals surface area (Å²) < 4.78 is 1.97. The molecule has 1 heterocycles. The molecule has 0 fully saturated rings. The standard InChI is InChI=1S/C17H15N3/c1-14-3-2-4-16(11-14)19-12-15-5-7-17(8-6-15)20-10-9-18-13-20/h2-13H,1H3. The second-order valence-corrected chi connectivity index (χ2v) is 4.66. The Kier molecular flexibility index (Phi) is 3.42. The number of aliphatic imine (C=N–C) groups is 1. The summed E-state index contributed by atoms with van der Waals surface area (Å²) in [5.41, 5.74) is 4.37. The van der Waals surface area contributed by atoms with Gasteiger partial charge in [0.25, 0.3) is 0 Å². The molecular weight excluding hydrogens is 246 g/mol. The number of rotatable bonds is 3. The van der Waals surface area contributed by atoms with Crippen molar-refractivity contribution in [2.45, 2.75) is 6.92 Å². The molecule has 0 aliphatic heterocycles. The van der Waals surface area contributed by atoms with Crippen LogP contribution in [0.3, 0.4) is 0 Å². The van der Waals surface area contributed by atoms with Crippen molar-refractivity contribution >= 4 is 11.9 Å². The molecule has 0 saturated heterocycles. The van der Waals surface area contributed by atoms with E-state index in [1.807, 2.05) is 29.1 Å². The first kappa shape index (κ1) is 12.4. The fourth-order valence-corrected chi connectivity index (χ4v) is 2.00. The van der Waals surface area contributed by atoms with Gasteiger partial charge in [0.15, 0.2) is 0 Å². The molecule has 3 nitrogen and oxygen atoms in total. The molecule has 98 valence electrons. The van der Waals surface area contributed by atoms with Gasteiger partial charge in [0.2, 0.25) is 0 Å². The van der Waals surface area contributed by atoms with Gasteiger partial charge in [-0.2, -0.15) is 0 Å². The molecule has 0 N–H and O–H groups in total. The monoisotopic (exact) mass is 261 g/mol. The summed E-state index contributed by atoms with van der Waals surface area (Å²) in [6.45, 7) is 2.07. The third-order valence-electron chi connectivity index (χ3n) is 3.06. The van der Waals surface area contributed by atoms with E-state index in [0.29, 0.717) is 0 Å². The van der Waals surface area contributed by atoms with Crippen molar-refractivity contribution in [2.75, 3.05) is 0 Å². The summed E-state index contributed by atoms with van der Waals surface area (Å²) in [7, 11) is 0. The van der Waals surface area contributed by atoms with Gasteiger partial charge in [-0.1, -0.05) is 24.3 Å². The molecule has 3 heteroatoms. The largest absolute Gasteiger partial charge is 0.306 e. The first-order valence-corrected chi connectivity index (χ1v) is 6.50. The zero-order valence-corrected chi connectivity index (χ0v) is 11.3. The highest BCUT2D eigenvalue weighted by molar-refractivity contribution is 5.82. The van der Waals surface area contributed by atoms with Crippen molar-refractivity contribution in [3.05, 3.63) is 78.4 Å². The fraction of sp³-hybridized carbons (Fsp3) is 0.0588. The van der Waals surface area contributed by atoms with Gasteiger partial charge < -0.3 is 4.57 Å². The number of nitrogens with zero attached hydrogens (tertiary/aromatic N) is 3. The molecular formula is C17H15N3. The third-order valence-corrected chi connectivity index (χ3v) is 3.06. The summed E-state index contributed by atoms with van der Waals surface area (Å²) in [5, 5.41) is 0. The van der Waals surface area contributed by atoms with Crippen LogP contribution < -0.4 is 0 Å². The summed E-state index contributed by atoms with van der Waals surface area (Å²) in [5.74, 6) is 0. The minimum absolute atomic E-state index is 0.976. The van der Waals surface area contributed by atoms with Crippen LogP contribution in [-0.2, 0) is 0 Å². The van der Waals surface area contributed by atoms with E-state index in [9.17, 15) is 0 Å². The zero-order chi connectivity index (χ0) is 13.8. The third kappa shape index (κ3) is 2.83. The first-order valence-electron chi connectivity index (χ1n) is 6.50. The van der Waals surface area contributed by atoms with Crippen LogP contribution in [0.5, 0.6) is 0 Å². The molecule has 1 aromatic heterocycles. The normalized spacial score (nSPS) is 11.1. The molecule has 3 aromatic rings. The highest BCUT2D eigenvalue weighted by atomic mass is 15.0. The van der Waals surface area contributed by atoms with E-state index < -0.39 is 0 Å². The predicted molar refractivity (Wildman–Crippen MR) is 82.0 cm³/mol. The minimum Gasteiger partial charge on any atom is -0.306 e. The molecule has 2 aromatic carbocycles. The molecule has 3 rings (SSSR count). The second-order valence-electron chi connectivity index (χ2n) is 4.66. The van der Waals surface area contributed by atoms with Crippen molar-refractivity contribution in [2.24, 2.45) is 4.99 Å². The molecule has 0 atom stereocenters. The Morgan fingerprint density at radius 1 is 1.10 bits per heavy atom.